The Bertz CT molecular complexity index is 1200. The zero-order valence-corrected chi connectivity index (χ0v) is 18.8. The molecule has 1 N–H and O–H groups in total. The Morgan fingerprint density at radius 3 is 2.48 bits per heavy atom. The van der Waals surface area contributed by atoms with Crippen molar-refractivity contribution in [3.05, 3.63) is 59.2 Å². The number of nitrogens with zero attached hydrogens (tertiary/aromatic N) is 3. The number of aromatic nitrogens is 2. The smallest absolute Gasteiger partial charge is 0.257 e. The Labute approximate surface area is 184 Å². The first-order valence-corrected chi connectivity index (χ1v) is 12.0. The van der Waals surface area contributed by atoms with Crippen LogP contribution < -0.4 is 5.32 Å². The fraction of sp³-hybridized carbons (Fsp3) is 0.286. The fourth-order valence-corrected chi connectivity index (χ4v) is 5.60. The molecular formula is C21H22N4O4S2. The number of carbonyl (C=O) groups is 1. The molecule has 2 heterocycles. The molecule has 31 heavy (non-hydrogen) atoms. The Morgan fingerprint density at radius 2 is 1.77 bits per heavy atom. The van der Waals surface area contributed by atoms with Crippen LogP contribution >= 0.6 is 11.3 Å². The maximum absolute atomic E-state index is 13.0. The molecule has 1 aromatic heterocycles. The topological polar surface area (TPSA) is 101 Å². The first-order valence-electron chi connectivity index (χ1n) is 9.75. The number of morpholine rings is 1. The van der Waals surface area contributed by atoms with Crippen LogP contribution in [0, 0.1) is 13.8 Å². The maximum Gasteiger partial charge on any atom is 0.257 e. The summed E-state index contributed by atoms with van der Waals surface area (Å²) >= 11 is 1.26. The number of nitrogens with one attached hydrogen (secondary N) is 1. The largest absolute Gasteiger partial charge is 0.379 e. The van der Waals surface area contributed by atoms with Crippen molar-refractivity contribution in [2.24, 2.45) is 0 Å². The summed E-state index contributed by atoms with van der Waals surface area (Å²) in [7, 11) is -3.71. The minimum absolute atomic E-state index is 0.125. The quantitative estimate of drug-likeness (QED) is 0.630. The fourth-order valence-electron chi connectivity index (χ4n) is 3.20. The molecule has 1 amide bonds. The summed E-state index contributed by atoms with van der Waals surface area (Å²) in [6.45, 7) is 5.03. The van der Waals surface area contributed by atoms with E-state index in [0.717, 1.165) is 11.1 Å². The van der Waals surface area contributed by atoms with Gasteiger partial charge in [0.2, 0.25) is 15.2 Å². The Kier molecular flexibility index (Phi) is 6.15. The molecule has 4 rings (SSSR count). The standard InChI is InChI=1S/C21H22N4O4S2/c1-14-3-6-16(7-4-14)20-23-24-21(30-20)22-19(26)17-8-5-15(2)18(13-17)31(27,28)25-9-11-29-12-10-25/h3-8,13H,9-12H2,1-2H3,(H,22,24,26). The number of carbonyl (C=O) groups excluding carboxylic acids is 1. The molecule has 0 unspecified atom stereocenters. The molecule has 3 aromatic rings. The Hall–Kier alpha value is -2.66. The van der Waals surface area contributed by atoms with E-state index < -0.39 is 15.9 Å². The number of rotatable bonds is 5. The summed E-state index contributed by atoms with van der Waals surface area (Å²) in [6.07, 6.45) is 0. The van der Waals surface area contributed by atoms with Crippen LogP contribution in [0.1, 0.15) is 21.5 Å². The lowest BCUT2D eigenvalue weighted by molar-refractivity contribution is 0.0730. The van der Waals surface area contributed by atoms with Crippen LogP contribution in [0.2, 0.25) is 0 Å². The highest BCUT2D eigenvalue weighted by Gasteiger charge is 2.28. The van der Waals surface area contributed by atoms with Crippen LogP contribution in [0.3, 0.4) is 0 Å². The molecule has 1 fully saturated rings. The molecule has 1 aliphatic heterocycles. The summed E-state index contributed by atoms with van der Waals surface area (Å²) < 4.78 is 32.7. The maximum atomic E-state index is 13.0. The molecule has 1 saturated heterocycles. The Balaban J connectivity index is 1.54. The minimum Gasteiger partial charge on any atom is -0.379 e. The van der Waals surface area contributed by atoms with E-state index in [-0.39, 0.29) is 10.5 Å². The lowest BCUT2D eigenvalue weighted by Gasteiger charge is -2.26. The normalized spacial score (nSPS) is 15.0. The second-order valence-corrected chi connectivity index (χ2v) is 10.1. The van der Waals surface area contributed by atoms with Crippen molar-refractivity contribution in [1.29, 1.82) is 0 Å². The van der Waals surface area contributed by atoms with Gasteiger partial charge < -0.3 is 4.74 Å². The van der Waals surface area contributed by atoms with Gasteiger partial charge in [0.15, 0.2) is 0 Å². The minimum atomic E-state index is -3.71. The molecule has 0 spiro atoms. The zero-order chi connectivity index (χ0) is 22.0. The molecule has 0 radical (unpaired) electrons. The number of hydrogen-bond donors (Lipinski definition) is 1. The third kappa shape index (κ3) is 4.67. The molecule has 8 nitrogen and oxygen atoms in total. The van der Waals surface area contributed by atoms with Gasteiger partial charge in [-0.05, 0) is 31.5 Å². The third-order valence-corrected chi connectivity index (χ3v) is 7.91. The van der Waals surface area contributed by atoms with Crippen LogP contribution in [-0.4, -0.2) is 55.1 Å². The number of amides is 1. The van der Waals surface area contributed by atoms with Gasteiger partial charge in [0.1, 0.15) is 5.01 Å². The van der Waals surface area contributed by atoms with E-state index in [1.807, 2.05) is 31.2 Å². The van der Waals surface area contributed by atoms with Gasteiger partial charge >= 0.3 is 0 Å². The molecule has 0 aliphatic carbocycles. The molecule has 0 bridgehead atoms. The van der Waals surface area contributed by atoms with Crippen LogP contribution in [-0.2, 0) is 14.8 Å². The lowest BCUT2D eigenvalue weighted by Crippen LogP contribution is -2.40. The van der Waals surface area contributed by atoms with Crippen molar-refractivity contribution >= 4 is 32.4 Å². The predicted molar refractivity (Wildman–Crippen MR) is 119 cm³/mol. The van der Waals surface area contributed by atoms with Crippen LogP contribution in [0.15, 0.2) is 47.4 Å². The van der Waals surface area contributed by atoms with Gasteiger partial charge in [-0.25, -0.2) is 8.42 Å². The number of hydrogen-bond acceptors (Lipinski definition) is 7. The summed E-state index contributed by atoms with van der Waals surface area (Å²) in [5.74, 6) is -0.440. The van der Waals surface area contributed by atoms with Crippen molar-refractivity contribution in [2.45, 2.75) is 18.7 Å². The average molecular weight is 459 g/mol. The van der Waals surface area contributed by atoms with E-state index in [1.165, 1.54) is 21.7 Å². The highest BCUT2D eigenvalue weighted by Crippen LogP contribution is 2.27. The van der Waals surface area contributed by atoms with E-state index in [4.69, 9.17) is 4.74 Å². The van der Waals surface area contributed by atoms with E-state index in [1.54, 1.807) is 19.1 Å². The van der Waals surface area contributed by atoms with Crippen molar-refractivity contribution in [3.63, 3.8) is 0 Å². The molecule has 2 aromatic carbocycles. The van der Waals surface area contributed by atoms with E-state index in [9.17, 15) is 13.2 Å². The molecule has 10 heteroatoms. The number of sulfonamides is 1. The van der Waals surface area contributed by atoms with Crippen molar-refractivity contribution in [2.75, 3.05) is 31.6 Å². The summed E-state index contributed by atoms with van der Waals surface area (Å²) in [6, 6.07) is 12.5. The lowest BCUT2D eigenvalue weighted by atomic mass is 10.1. The van der Waals surface area contributed by atoms with Crippen molar-refractivity contribution in [1.82, 2.24) is 14.5 Å². The van der Waals surface area contributed by atoms with Crippen LogP contribution in [0.4, 0.5) is 5.13 Å². The van der Waals surface area contributed by atoms with E-state index in [2.05, 4.69) is 15.5 Å². The van der Waals surface area contributed by atoms with Gasteiger partial charge in [-0.1, -0.05) is 47.2 Å². The van der Waals surface area contributed by atoms with E-state index in [0.29, 0.717) is 42.0 Å². The summed E-state index contributed by atoms with van der Waals surface area (Å²) in [5.41, 5.74) is 2.88. The molecule has 0 saturated carbocycles. The highest BCUT2D eigenvalue weighted by molar-refractivity contribution is 7.89. The SMILES string of the molecule is Cc1ccc(-c2nnc(NC(=O)c3ccc(C)c(S(=O)(=O)N4CCOCC4)c3)s2)cc1. The average Bonchev–Trinajstić information content (AvgIpc) is 3.23. The zero-order valence-electron chi connectivity index (χ0n) is 17.2. The first-order chi connectivity index (χ1) is 14.8. The number of anilines is 1. The Morgan fingerprint density at radius 1 is 1.06 bits per heavy atom. The highest BCUT2D eigenvalue weighted by atomic mass is 32.2. The second-order valence-electron chi connectivity index (χ2n) is 7.23. The van der Waals surface area contributed by atoms with Gasteiger partial charge in [-0.3, -0.25) is 10.1 Å². The predicted octanol–water partition coefficient (Wildman–Crippen LogP) is 3.10. The van der Waals surface area contributed by atoms with Gasteiger partial charge in [-0.15, -0.1) is 10.2 Å². The molecular weight excluding hydrogens is 436 g/mol. The van der Waals surface area contributed by atoms with Gasteiger partial charge in [0.05, 0.1) is 18.1 Å². The molecule has 0 atom stereocenters. The number of benzene rings is 2. The van der Waals surface area contributed by atoms with Gasteiger partial charge in [0.25, 0.3) is 5.91 Å². The van der Waals surface area contributed by atoms with Gasteiger partial charge in [0, 0.05) is 24.2 Å². The van der Waals surface area contributed by atoms with Crippen LogP contribution in [0.5, 0.6) is 0 Å². The van der Waals surface area contributed by atoms with Crippen molar-refractivity contribution in [3.8, 4) is 10.6 Å². The van der Waals surface area contributed by atoms with E-state index >= 15 is 0 Å². The van der Waals surface area contributed by atoms with Crippen molar-refractivity contribution < 1.29 is 17.9 Å². The van der Waals surface area contributed by atoms with Gasteiger partial charge in [-0.2, -0.15) is 4.31 Å². The third-order valence-electron chi connectivity index (χ3n) is 4.98. The summed E-state index contributed by atoms with van der Waals surface area (Å²) in [5, 5.41) is 11.9. The molecule has 1 aliphatic rings. The number of aryl methyl sites for hydroxylation is 2. The monoisotopic (exact) mass is 458 g/mol. The first kappa shape index (κ1) is 21.6. The summed E-state index contributed by atoms with van der Waals surface area (Å²) in [4.78, 5) is 12.9. The van der Waals surface area contributed by atoms with Crippen LogP contribution in [0.25, 0.3) is 10.6 Å². The number of ether oxygens (including phenoxy) is 1. The molecule has 162 valence electrons. The second kappa shape index (κ2) is 8.83.